The Labute approximate surface area is 94.3 Å². The van der Waals surface area contributed by atoms with Crippen molar-refractivity contribution in [3.8, 4) is 6.07 Å². The average molecular weight is 215 g/mol. The minimum Gasteiger partial charge on any atom is -0.348 e. The third-order valence-corrected chi connectivity index (χ3v) is 2.92. The Morgan fingerprint density at radius 1 is 1.56 bits per heavy atom. The monoisotopic (exact) mass is 215 g/mol. The van der Waals surface area contributed by atoms with E-state index in [9.17, 15) is 4.79 Å². The summed E-state index contributed by atoms with van der Waals surface area (Å²) in [5, 5.41) is 11.8. The molecule has 0 aliphatic heterocycles. The number of pyridine rings is 1. The second-order valence-corrected chi connectivity index (χ2v) is 3.99. The first-order chi connectivity index (χ1) is 7.81. The van der Waals surface area contributed by atoms with Crippen LogP contribution in [-0.2, 0) is 0 Å². The number of nitrogens with one attached hydrogen (secondary N) is 1. The summed E-state index contributed by atoms with van der Waals surface area (Å²) in [6.45, 7) is 0. The zero-order valence-electron chi connectivity index (χ0n) is 8.89. The highest BCUT2D eigenvalue weighted by Crippen LogP contribution is 2.24. The van der Waals surface area contributed by atoms with Gasteiger partial charge in [0.2, 0.25) is 0 Å². The van der Waals surface area contributed by atoms with Crippen molar-refractivity contribution < 1.29 is 4.79 Å². The van der Waals surface area contributed by atoms with Gasteiger partial charge in [-0.05, 0) is 31.4 Å². The van der Waals surface area contributed by atoms with Crippen LogP contribution in [0.25, 0.3) is 0 Å². The molecule has 2 rings (SSSR count). The fourth-order valence-corrected chi connectivity index (χ4v) is 2.04. The molecule has 1 aromatic heterocycles. The van der Waals surface area contributed by atoms with Gasteiger partial charge < -0.3 is 5.32 Å². The van der Waals surface area contributed by atoms with Crippen LogP contribution in [0.3, 0.4) is 0 Å². The number of nitrogens with zero attached hydrogens (tertiary/aromatic N) is 2. The Morgan fingerprint density at radius 3 is 3.12 bits per heavy atom. The number of carbonyl (C=O) groups excluding carboxylic acids is 1. The van der Waals surface area contributed by atoms with E-state index in [0.717, 1.165) is 19.3 Å². The van der Waals surface area contributed by atoms with Crippen LogP contribution in [0.15, 0.2) is 24.5 Å². The molecular weight excluding hydrogens is 202 g/mol. The SMILES string of the molecule is N#CC1CCCC1NC(=O)c1cccnc1. The van der Waals surface area contributed by atoms with Gasteiger partial charge in [0.25, 0.3) is 5.91 Å². The summed E-state index contributed by atoms with van der Waals surface area (Å²) in [6, 6.07) is 5.69. The van der Waals surface area contributed by atoms with Crippen molar-refractivity contribution in [2.75, 3.05) is 0 Å². The molecular formula is C12H13N3O. The van der Waals surface area contributed by atoms with E-state index in [2.05, 4.69) is 16.4 Å². The standard InChI is InChI=1S/C12H13N3O/c13-7-9-3-1-5-11(9)15-12(16)10-4-2-6-14-8-10/h2,4,6,8-9,11H,1,3,5H2,(H,15,16). The molecule has 0 saturated heterocycles. The number of amides is 1. The van der Waals surface area contributed by atoms with Crippen LogP contribution >= 0.6 is 0 Å². The van der Waals surface area contributed by atoms with E-state index >= 15 is 0 Å². The summed E-state index contributed by atoms with van der Waals surface area (Å²) in [5.74, 6) is -0.180. The molecule has 1 aromatic rings. The summed E-state index contributed by atoms with van der Waals surface area (Å²) < 4.78 is 0. The Balaban J connectivity index is 2.01. The third kappa shape index (κ3) is 2.19. The molecule has 1 fully saturated rings. The smallest absolute Gasteiger partial charge is 0.253 e. The highest BCUT2D eigenvalue weighted by molar-refractivity contribution is 5.94. The maximum absolute atomic E-state index is 11.8. The van der Waals surface area contributed by atoms with Crippen molar-refractivity contribution in [2.45, 2.75) is 25.3 Å². The predicted octanol–water partition coefficient (Wildman–Crippen LogP) is 1.50. The minimum absolute atomic E-state index is 0.00212. The van der Waals surface area contributed by atoms with E-state index in [-0.39, 0.29) is 17.9 Å². The molecule has 1 heterocycles. The number of nitriles is 1. The Morgan fingerprint density at radius 2 is 2.44 bits per heavy atom. The lowest BCUT2D eigenvalue weighted by Crippen LogP contribution is -2.36. The van der Waals surface area contributed by atoms with E-state index in [1.165, 1.54) is 6.20 Å². The number of hydrogen-bond donors (Lipinski definition) is 1. The summed E-state index contributed by atoms with van der Waals surface area (Å²) in [4.78, 5) is 15.7. The summed E-state index contributed by atoms with van der Waals surface area (Å²) in [6.07, 6.45) is 5.95. The third-order valence-electron chi connectivity index (χ3n) is 2.92. The topological polar surface area (TPSA) is 65.8 Å². The Bertz CT molecular complexity index is 410. The second kappa shape index (κ2) is 4.75. The van der Waals surface area contributed by atoms with Crippen molar-refractivity contribution in [3.63, 3.8) is 0 Å². The lowest BCUT2D eigenvalue weighted by molar-refractivity contribution is 0.0932. The first-order valence-electron chi connectivity index (χ1n) is 5.42. The summed E-state index contributed by atoms with van der Waals surface area (Å²) in [7, 11) is 0. The van der Waals surface area contributed by atoms with Gasteiger partial charge in [-0.2, -0.15) is 5.26 Å². The fraction of sp³-hybridized carbons (Fsp3) is 0.417. The van der Waals surface area contributed by atoms with Crippen LogP contribution in [0.4, 0.5) is 0 Å². The molecule has 82 valence electrons. The number of carbonyl (C=O) groups is 1. The molecule has 2 unspecified atom stereocenters. The van der Waals surface area contributed by atoms with Gasteiger partial charge in [0.1, 0.15) is 0 Å². The van der Waals surface area contributed by atoms with Crippen molar-refractivity contribution in [1.29, 1.82) is 5.26 Å². The van der Waals surface area contributed by atoms with Crippen LogP contribution in [0, 0.1) is 17.2 Å². The van der Waals surface area contributed by atoms with Gasteiger partial charge in [-0.3, -0.25) is 9.78 Å². The van der Waals surface area contributed by atoms with E-state index < -0.39 is 0 Å². The van der Waals surface area contributed by atoms with Gasteiger partial charge in [0, 0.05) is 18.4 Å². The minimum atomic E-state index is -0.139. The number of aromatic nitrogens is 1. The van der Waals surface area contributed by atoms with Gasteiger partial charge in [-0.25, -0.2) is 0 Å². The molecule has 1 N–H and O–H groups in total. The van der Waals surface area contributed by atoms with E-state index in [0.29, 0.717) is 5.56 Å². The zero-order chi connectivity index (χ0) is 11.4. The molecule has 2 atom stereocenters. The van der Waals surface area contributed by atoms with Gasteiger partial charge >= 0.3 is 0 Å². The molecule has 4 heteroatoms. The van der Waals surface area contributed by atoms with Crippen molar-refractivity contribution in [3.05, 3.63) is 30.1 Å². The van der Waals surface area contributed by atoms with Crippen LogP contribution < -0.4 is 5.32 Å². The molecule has 1 saturated carbocycles. The van der Waals surface area contributed by atoms with E-state index in [1.807, 2.05) is 0 Å². The number of rotatable bonds is 2. The van der Waals surface area contributed by atoms with Crippen LogP contribution in [-0.4, -0.2) is 16.9 Å². The van der Waals surface area contributed by atoms with Gasteiger partial charge in [-0.15, -0.1) is 0 Å². The van der Waals surface area contributed by atoms with Crippen LogP contribution in [0.5, 0.6) is 0 Å². The normalized spacial score (nSPS) is 23.7. The molecule has 1 amide bonds. The zero-order valence-corrected chi connectivity index (χ0v) is 8.89. The highest BCUT2D eigenvalue weighted by Gasteiger charge is 2.28. The van der Waals surface area contributed by atoms with Crippen molar-refractivity contribution in [1.82, 2.24) is 10.3 Å². The molecule has 0 radical (unpaired) electrons. The van der Waals surface area contributed by atoms with Crippen LogP contribution in [0.1, 0.15) is 29.6 Å². The van der Waals surface area contributed by atoms with E-state index in [4.69, 9.17) is 5.26 Å². The predicted molar refractivity (Wildman–Crippen MR) is 58.4 cm³/mol. The largest absolute Gasteiger partial charge is 0.348 e. The van der Waals surface area contributed by atoms with Crippen molar-refractivity contribution in [2.24, 2.45) is 5.92 Å². The van der Waals surface area contributed by atoms with Gasteiger partial charge in [0.05, 0.1) is 17.6 Å². The van der Waals surface area contributed by atoms with E-state index in [1.54, 1.807) is 18.3 Å². The molecule has 16 heavy (non-hydrogen) atoms. The van der Waals surface area contributed by atoms with Crippen molar-refractivity contribution >= 4 is 5.91 Å². The first kappa shape index (κ1) is 10.6. The Kier molecular flexibility index (Phi) is 3.16. The second-order valence-electron chi connectivity index (χ2n) is 3.99. The fourth-order valence-electron chi connectivity index (χ4n) is 2.04. The summed E-state index contributed by atoms with van der Waals surface area (Å²) >= 11 is 0. The van der Waals surface area contributed by atoms with Crippen LogP contribution in [0.2, 0.25) is 0 Å². The lowest BCUT2D eigenvalue weighted by atomic mass is 10.1. The Hall–Kier alpha value is -1.89. The molecule has 4 nitrogen and oxygen atoms in total. The average Bonchev–Trinajstić information content (AvgIpc) is 2.77. The first-order valence-corrected chi connectivity index (χ1v) is 5.42. The highest BCUT2D eigenvalue weighted by atomic mass is 16.1. The summed E-state index contributed by atoms with van der Waals surface area (Å²) in [5.41, 5.74) is 0.547. The maximum Gasteiger partial charge on any atom is 0.253 e. The molecule has 1 aliphatic carbocycles. The molecule has 1 aliphatic rings. The molecule has 0 spiro atoms. The molecule has 0 bridgehead atoms. The van der Waals surface area contributed by atoms with Gasteiger partial charge in [0.15, 0.2) is 0 Å². The lowest BCUT2D eigenvalue weighted by Gasteiger charge is -2.15. The maximum atomic E-state index is 11.8. The number of hydrogen-bond acceptors (Lipinski definition) is 3. The molecule has 0 aromatic carbocycles. The quantitative estimate of drug-likeness (QED) is 0.813. The van der Waals surface area contributed by atoms with Gasteiger partial charge in [-0.1, -0.05) is 0 Å².